The molecular formula is C20H24ClN3OS. The predicted molar refractivity (Wildman–Crippen MR) is 107 cm³/mol. The molecule has 1 fully saturated rings. The van der Waals surface area contributed by atoms with Gasteiger partial charge in [-0.25, -0.2) is 9.97 Å². The minimum absolute atomic E-state index is 0.0763. The second kappa shape index (κ2) is 7.97. The zero-order valence-corrected chi connectivity index (χ0v) is 17.0. The molecule has 138 valence electrons. The van der Waals surface area contributed by atoms with Crippen molar-refractivity contribution in [2.24, 2.45) is 0 Å². The maximum atomic E-state index is 12.6. The van der Waals surface area contributed by atoms with E-state index in [2.05, 4.69) is 15.3 Å². The summed E-state index contributed by atoms with van der Waals surface area (Å²) in [7, 11) is 0. The molecule has 0 spiro atoms. The van der Waals surface area contributed by atoms with Gasteiger partial charge in [0.2, 0.25) is 5.91 Å². The van der Waals surface area contributed by atoms with E-state index in [0.29, 0.717) is 17.9 Å². The first-order valence-corrected chi connectivity index (χ1v) is 10.5. The molecule has 0 aliphatic heterocycles. The van der Waals surface area contributed by atoms with Crippen LogP contribution in [0.3, 0.4) is 0 Å². The Morgan fingerprint density at radius 3 is 2.31 bits per heavy atom. The fourth-order valence-corrected chi connectivity index (χ4v) is 4.10. The van der Waals surface area contributed by atoms with Crippen LogP contribution in [0.5, 0.6) is 0 Å². The van der Waals surface area contributed by atoms with Gasteiger partial charge in [-0.2, -0.15) is 0 Å². The zero-order chi connectivity index (χ0) is 18.7. The van der Waals surface area contributed by atoms with Crippen molar-refractivity contribution in [1.29, 1.82) is 0 Å². The molecule has 26 heavy (non-hydrogen) atoms. The number of rotatable bonds is 6. The highest BCUT2D eigenvalue weighted by atomic mass is 35.5. The smallest absolute Gasteiger partial charge is 0.221 e. The third-order valence-electron chi connectivity index (χ3n) is 5.17. The number of hydrogen-bond acceptors (Lipinski definition) is 4. The molecule has 0 saturated heterocycles. The highest BCUT2D eigenvalue weighted by Crippen LogP contribution is 2.41. The molecule has 1 amide bonds. The van der Waals surface area contributed by atoms with Crippen LogP contribution in [0.15, 0.2) is 29.4 Å². The number of halogens is 1. The number of aromatic nitrogens is 2. The van der Waals surface area contributed by atoms with Gasteiger partial charge < -0.3 is 5.32 Å². The summed E-state index contributed by atoms with van der Waals surface area (Å²) in [6.45, 7) is 3.98. The molecule has 6 heteroatoms. The predicted octanol–water partition coefficient (Wildman–Crippen LogP) is 4.60. The molecule has 1 saturated carbocycles. The van der Waals surface area contributed by atoms with E-state index in [1.807, 2.05) is 44.4 Å². The summed E-state index contributed by atoms with van der Waals surface area (Å²) < 4.78 is 0. The van der Waals surface area contributed by atoms with Crippen LogP contribution in [0.4, 0.5) is 0 Å². The third-order valence-corrected chi connectivity index (χ3v) is 5.97. The fourth-order valence-electron chi connectivity index (χ4n) is 3.51. The molecule has 1 aromatic carbocycles. The number of thioether (sulfide) groups is 1. The average Bonchev–Trinajstić information content (AvgIpc) is 2.58. The van der Waals surface area contributed by atoms with Gasteiger partial charge in [0.25, 0.3) is 0 Å². The first-order valence-electron chi connectivity index (χ1n) is 8.89. The molecule has 0 radical (unpaired) electrons. The summed E-state index contributed by atoms with van der Waals surface area (Å²) in [6, 6.07) is 7.82. The number of nitrogens with one attached hydrogen (secondary N) is 1. The van der Waals surface area contributed by atoms with Crippen LogP contribution in [-0.2, 0) is 16.8 Å². The summed E-state index contributed by atoms with van der Waals surface area (Å²) in [5.74, 6) is 0.0763. The van der Waals surface area contributed by atoms with E-state index in [9.17, 15) is 4.79 Å². The topological polar surface area (TPSA) is 54.9 Å². The molecule has 1 heterocycles. The minimum atomic E-state index is -0.231. The van der Waals surface area contributed by atoms with Gasteiger partial charge in [-0.15, -0.1) is 0 Å². The molecule has 1 aliphatic rings. The molecule has 1 N–H and O–H groups in total. The van der Waals surface area contributed by atoms with Crippen LogP contribution >= 0.6 is 23.4 Å². The lowest BCUT2D eigenvalue weighted by molar-refractivity contribution is -0.124. The van der Waals surface area contributed by atoms with E-state index < -0.39 is 0 Å². The largest absolute Gasteiger partial charge is 0.347 e. The molecule has 3 rings (SSSR count). The van der Waals surface area contributed by atoms with Crippen molar-refractivity contribution < 1.29 is 4.79 Å². The van der Waals surface area contributed by atoms with E-state index in [1.165, 1.54) is 11.8 Å². The van der Waals surface area contributed by atoms with E-state index >= 15 is 0 Å². The molecule has 4 nitrogen and oxygen atoms in total. The Morgan fingerprint density at radius 1 is 1.19 bits per heavy atom. The fraction of sp³-hybridized carbons (Fsp3) is 0.450. The molecule has 0 bridgehead atoms. The van der Waals surface area contributed by atoms with E-state index in [4.69, 9.17) is 11.6 Å². The van der Waals surface area contributed by atoms with Crippen LogP contribution in [0.2, 0.25) is 5.02 Å². The number of amides is 1. The Labute approximate surface area is 164 Å². The van der Waals surface area contributed by atoms with Crippen molar-refractivity contribution in [2.75, 3.05) is 6.26 Å². The number of carbonyl (C=O) groups is 1. The van der Waals surface area contributed by atoms with Crippen molar-refractivity contribution in [2.45, 2.75) is 56.6 Å². The maximum absolute atomic E-state index is 12.6. The Balaban J connectivity index is 1.66. The van der Waals surface area contributed by atoms with E-state index in [0.717, 1.165) is 46.9 Å². The molecule has 1 aromatic heterocycles. The summed E-state index contributed by atoms with van der Waals surface area (Å²) in [5, 5.41) is 4.77. The Hall–Kier alpha value is -1.59. The number of hydrogen-bond donors (Lipinski definition) is 1. The Morgan fingerprint density at radius 2 is 1.81 bits per heavy atom. The summed E-state index contributed by atoms with van der Waals surface area (Å²) in [5.41, 5.74) is 3.91. The summed E-state index contributed by atoms with van der Waals surface area (Å²) in [4.78, 5) is 21.6. The van der Waals surface area contributed by atoms with Gasteiger partial charge in [0.05, 0.1) is 5.54 Å². The molecular weight excluding hydrogens is 366 g/mol. The Kier molecular flexibility index (Phi) is 5.88. The number of nitrogens with zero attached hydrogens (tertiary/aromatic N) is 2. The summed E-state index contributed by atoms with van der Waals surface area (Å²) in [6.07, 6.45) is 6.16. The van der Waals surface area contributed by atoms with Crippen molar-refractivity contribution in [3.63, 3.8) is 0 Å². The maximum Gasteiger partial charge on any atom is 0.221 e. The number of aryl methyl sites for hydroxylation is 2. The molecule has 0 atom stereocenters. The van der Waals surface area contributed by atoms with Gasteiger partial charge in [-0.05, 0) is 69.0 Å². The van der Waals surface area contributed by atoms with Crippen molar-refractivity contribution >= 4 is 29.3 Å². The molecule has 2 aromatic rings. The highest BCUT2D eigenvalue weighted by molar-refractivity contribution is 7.98. The Bertz CT molecular complexity index is 780. The first-order chi connectivity index (χ1) is 12.4. The van der Waals surface area contributed by atoms with E-state index in [-0.39, 0.29) is 11.4 Å². The normalized spacial score (nSPS) is 15.4. The lowest BCUT2D eigenvalue weighted by Gasteiger charge is -2.43. The number of benzene rings is 1. The monoisotopic (exact) mass is 389 g/mol. The quantitative estimate of drug-likeness (QED) is 0.579. The zero-order valence-electron chi connectivity index (χ0n) is 15.4. The second-order valence-electron chi connectivity index (χ2n) is 6.85. The molecule has 0 unspecified atom stereocenters. The lowest BCUT2D eigenvalue weighted by atomic mass is 9.71. The van der Waals surface area contributed by atoms with Crippen molar-refractivity contribution in [3.05, 3.63) is 51.8 Å². The highest BCUT2D eigenvalue weighted by Gasteiger charge is 2.39. The van der Waals surface area contributed by atoms with Gasteiger partial charge in [-0.1, -0.05) is 35.5 Å². The van der Waals surface area contributed by atoms with Crippen LogP contribution in [-0.4, -0.2) is 22.1 Å². The van der Waals surface area contributed by atoms with Gasteiger partial charge in [0, 0.05) is 22.8 Å². The second-order valence-corrected chi connectivity index (χ2v) is 8.06. The number of carbonyl (C=O) groups excluding carboxylic acids is 1. The summed E-state index contributed by atoms with van der Waals surface area (Å²) >= 11 is 7.53. The van der Waals surface area contributed by atoms with E-state index in [1.54, 1.807) is 0 Å². The average molecular weight is 390 g/mol. The van der Waals surface area contributed by atoms with Crippen LogP contribution in [0.1, 0.15) is 48.2 Å². The standard InChI is InChI=1S/C20H24ClN3OS/c1-13-17(14(2)23-19(22-13)26-3)9-10-18(25)24-20(11-4-12-20)15-5-7-16(21)8-6-15/h5-8H,4,9-12H2,1-3H3,(H,24,25). The first kappa shape index (κ1) is 19.2. The minimum Gasteiger partial charge on any atom is -0.347 e. The van der Waals surface area contributed by atoms with Crippen LogP contribution < -0.4 is 5.32 Å². The lowest BCUT2D eigenvalue weighted by Crippen LogP contribution is -2.50. The molecule has 1 aliphatic carbocycles. The van der Waals surface area contributed by atoms with Gasteiger partial charge in [0.1, 0.15) is 0 Å². The van der Waals surface area contributed by atoms with Gasteiger partial charge in [-0.3, -0.25) is 4.79 Å². The van der Waals surface area contributed by atoms with Gasteiger partial charge >= 0.3 is 0 Å². The SMILES string of the molecule is CSc1nc(C)c(CCC(=O)NC2(c3ccc(Cl)cc3)CCC2)c(C)n1. The van der Waals surface area contributed by atoms with Crippen LogP contribution in [0.25, 0.3) is 0 Å². The van der Waals surface area contributed by atoms with Crippen molar-refractivity contribution in [3.8, 4) is 0 Å². The van der Waals surface area contributed by atoms with Crippen molar-refractivity contribution in [1.82, 2.24) is 15.3 Å². The van der Waals surface area contributed by atoms with Crippen LogP contribution in [0, 0.1) is 13.8 Å². The van der Waals surface area contributed by atoms with Gasteiger partial charge in [0.15, 0.2) is 5.16 Å². The third kappa shape index (κ3) is 4.04.